The number of pyridine rings is 1. The molecule has 1 heterocycles. The molecule has 1 fully saturated rings. The first kappa shape index (κ1) is 25.9. The summed E-state index contributed by atoms with van der Waals surface area (Å²) in [5, 5.41) is 0. The molecule has 1 saturated carbocycles. The topological polar surface area (TPSA) is 12.9 Å². The minimum absolute atomic E-state index is 0.131. The van der Waals surface area contributed by atoms with Gasteiger partial charge in [-0.15, -0.1) is 0 Å². The van der Waals surface area contributed by atoms with Crippen molar-refractivity contribution in [3.8, 4) is 11.3 Å². The molecular formula is C31H46FN. The van der Waals surface area contributed by atoms with Crippen molar-refractivity contribution in [2.24, 2.45) is 17.8 Å². The van der Waals surface area contributed by atoms with Crippen LogP contribution in [0.3, 0.4) is 0 Å². The molecule has 2 heteroatoms. The van der Waals surface area contributed by atoms with Gasteiger partial charge in [0.2, 0.25) is 0 Å². The van der Waals surface area contributed by atoms with E-state index >= 15 is 4.39 Å². The van der Waals surface area contributed by atoms with E-state index in [1.807, 2.05) is 18.3 Å². The van der Waals surface area contributed by atoms with Gasteiger partial charge in [0, 0.05) is 11.8 Å². The summed E-state index contributed by atoms with van der Waals surface area (Å²) in [4.78, 5) is 4.54. The molecule has 0 N–H and O–H groups in total. The lowest BCUT2D eigenvalue weighted by Gasteiger charge is -2.38. The quantitative estimate of drug-likeness (QED) is 0.295. The van der Waals surface area contributed by atoms with Gasteiger partial charge in [-0.25, -0.2) is 4.39 Å². The van der Waals surface area contributed by atoms with Gasteiger partial charge in [-0.3, -0.25) is 4.98 Å². The third-order valence-corrected chi connectivity index (χ3v) is 7.92. The van der Waals surface area contributed by atoms with Gasteiger partial charge in [0.25, 0.3) is 0 Å². The molecule has 1 aromatic carbocycles. The van der Waals surface area contributed by atoms with Crippen molar-refractivity contribution in [1.29, 1.82) is 0 Å². The first-order chi connectivity index (χ1) is 16.2. The van der Waals surface area contributed by atoms with Crippen molar-refractivity contribution in [2.75, 3.05) is 0 Å². The van der Waals surface area contributed by atoms with E-state index in [4.69, 9.17) is 0 Å². The highest BCUT2D eigenvalue weighted by atomic mass is 19.1. The lowest BCUT2D eigenvalue weighted by molar-refractivity contribution is 0.135. The van der Waals surface area contributed by atoms with Crippen molar-refractivity contribution in [2.45, 2.75) is 111 Å². The molecule has 2 aromatic rings. The normalized spacial score (nSPS) is 19.5. The van der Waals surface area contributed by atoms with E-state index in [9.17, 15) is 0 Å². The molecule has 0 bridgehead atoms. The van der Waals surface area contributed by atoms with Crippen LogP contribution < -0.4 is 0 Å². The molecule has 182 valence electrons. The van der Waals surface area contributed by atoms with Crippen LogP contribution in [0.5, 0.6) is 0 Å². The average Bonchev–Trinajstić information content (AvgIpc) is 2.85. The Hall–Kier alpha value is -1.70. The second-order valence-electron chi connectivity index (χ2n) is 10.4. The molecule has 0 radical (unpaired) electrons. The maximum absolute atomic E-state index is 15.0. The molecule has 0 spiro atoms. The highest BCUT2D eigenvalue weighted by molar-refractivity contribution is 5.60. The standard InChI is InChI=1S/C31H46FN/c1-4-7-12-25-18-21-31(33-23-25)29-20-17-24(22-30(29)32)16-19-27-14-9-10-15-28(27)26(11-6-3)13-8-5-2/h17-18,20-23,26-28H,4-16,19H2,1-3H3/t26?,27-,28-/m0/s1. The Morgan fingerprint density at radius 3 is 2.36 bits per heavy atom. The maximum atomic E-state index is 15.0. The summed E-state index contributed by atoms with van der Waals surface area (Å²) in [7, 11) is 0. The van der Waals surface area contributed by atoms with E-state index < -0.39 is 0 Å². The Balaban J connectivity index is 1.62. The number of nitrogens with zero attached hydrogens (tertiary/aromatic N) is 1. The van der Waals surface area contributed by atoms with E-state index in [2.05, 4.69) is 37.9 Å². The first-order valence-electron chi connectivity index (χ1n) is 13.9. The zero-order chi connectivity index (χ0) is 23.5. The van der Waals surface area contributed by atoms with Gasteiger partial charge in [0.1, 0.15) is 5.82 Å². The third kappa shape index (κ3) is 7.66. The fourth-order valence-electron chi connectivity index (χ4n) is 6.01. The van der Waals surface area contributed by atoms with Crippen molar-refractivity contribution >= 4 is 0 Å². The largest absolute Gasteiger partial charge is 0.256 e. The van der Waals surface area contributed by atoms with E-state index in [0.717, 1.165) is 41.9 Å². The van der Waals surface area contributed by atoms with Gasteiger partial charge in [0.05, 0.1) is 5.69 Å². The van der Waals surface area contributed by atoms with Crippen LogP contribution in [0.15, 0.2) is 36.5 Å². The number of benzene rings is 1. The maximum Gasteiger partial charge on any atom is 0.132 e. The molecule has 1 unspecified atom stereocenters. The van der Waals surface area contributed by atoms with Gasteiger partial charge in [-0.05, 0) is 79.2 Å². The molecule has 0 amide bonds. The van der Waals surface area contributed by atoms with Crippen LogP contribution in [-0.2, 0) is 12.8 Å². The Labute approximate surface area is 202 Å². The molecule has 1 aliphatic rings. The second-order valence-corrected chi connectivity index (χ2v) is 10.4. The summed E-state index contributed by atoms with van der Waals surface area (Å²) in [6, 6.07) is 9.90. The van der Waals surface area contributed by atoms with E-state index in [-0.39, 0.29) is 5.82 Å². The van der Waals surface area contributed by atoms with Crippen LogP contribution in [0.2, 0.25) is 0 Å². The van der Waals surface area contributed by atoms with Crippen molar-refractivity contribution in [3.05, 3.63) is 53.5 Å². The fourth-order valence-corrected chi connectivity index (χ4v) is 6.01. The predicted molar refractivity (Wildman–Crippen MR) is 140 cm³/mol. The molecular weight excluding hydrogens is 405 g/mol. The predicted octanol–water partition coefficient (Wildman–Crippen LogP) is 9.58. The van der Waals surface area contributed by atoms with Crippen LogP contribution in [0.4, 0.5) is 4.39 Å². The van der Waals surface area contributed by atoms with Gasteiger partial charge in [-0.1, -0.05) is 90.7 Å². The monoisotopic (exact) mass is 451 g/mol. The molecule has 0 saturated heterocycles. The van der Waals surface area contributed by atoms with Crippen LogP contribution in [0.25, 0.3) is 11.3 Å². The van der Waals surface area contributed by atoms with Crippen molar-refractivity contribution < 1.29 is 4.39 Å². The lowest BCUT2D eigenvalue weighted by atomic mass is 9.68. The number of aromatic nitrogens is 1. The molecule has 33 heavy (non-hydrogen) atoms. The summed E-state index contributed by atoms with van der Waals surface area (Å²) < 4.78 is 15.0. The zero-order valence-corrected chi connectivity index (χ0v) is 21.4. The van der Waals surface area contributed by atoms with Crippen molar-refractivity contribution in [1.82, 2.24) is 4.98 Å². The minimum atomic E-state index is -0.131. The Morgan fingerprint density at radius 1 is 0.879 bits per heavy atom. The van der Waals surface area contributed by atoms with E-state index in [0.29, 0.717) is 5.56 Å². The highest BCUT2D eigenvalue weighted by Crippen LogP contribution is 2.41. The van der Waals surface area contributed by atoms with Crippen LogP contribution in [0, 0.1) is 23.6 Å². The Morgan fingerprint density at radius 2 is 1.67 bits per heavy atom. The summed E-state index contributed by atoms with van der Waals surface area (Å²) >= 11 is 0. The highest BCUT2D eigenvalue weighted by Gasteiger charge is 2.30. The summed E-state index contributed by atoms with van der Waals surface area (Å²) in [5.74, 6) is 2.45. The third-order valence-electron chi connectivity index (χ3n) is 7.92. The molecule has 1 aromatic heterocycles. The number of halogens is 1. The molecule has 1 aliphatic carbocycles. The van der Waals surface area contributed by atoms with Gasteiger partial charge in [-0.2, -0.15) is 0 Å². The molecule has 3 rings (SSSR count). The van der Waals surface area contributed by atoms with Gasteiger partial charge >= 0.3 is 0 Å². The van der Waals surface area contributed by atoms with E-state index in [1.54, 1.807) is 6.07 Å². The first-order valence-corrected chi connectivity index (χ1v) is 13.9. The molecule has 0 aliphatic heterocycles. The van der Waals surface area contributed by atoms with Crippen LogP contribution in [-0.4, -0.2) is 4.98 Å². The van der Waals surface area contributed by atoms with Gasteiger partial charge in [0.15, 0.2) is 0 Å². The molecule has 3 atom stereocenters. The summed E-state index contributed by atoms with van der Waals surface area (Å²) in [6.45, 7) is 6.85. The Kier molecular flexibility index (Phi) is 10.9. The number of hydrogen-bond acceptors (Lipinski definition) is 1. The average molecular weight is 452 g/mol. The Bertz CT molecular complexity index is 812. The fraction of sp³-hybridized carbons (Fsp3) is 0.645. The number of aryl methyl sites for hydroxylation is 2. The smallest absolute Gasteiger partial charge is 0.132 e. The minimum Gasteiger partial charge on any atom is -0.256 e. The zero-order valence-electron chi connectivity index (χ0n) is 21.4. The SMILES string of the molecule is CCCCc1ccc(-c2ccc(CC[C@@H]3CCCC[C@H]3C(CCC)CCCC)cc2F)nc1. The van der Waals surface area contributed by atoms with Crippen LogP contribution in [0.1, 0.15) is 109 Å². The number of unbranched alkanes of at least 4 members (excludes halogenated alkanes) is 2. The second kappa shape index (κ2) is 13.9. The van der Waals surface area contributed by atoms with Crippen molar-refractivity contribution in [3.63, 3.8) is 0 Å². The lowest BCUT2D eigenvalue weighted by Crippen LogP contribution is -2.27. The number of rotatable bonds is 13. The van der Waals surface area contributed by atoms with Gasteiger partial charge < -0.3 is 0 Å². The summed E-state index contributed by atoms with van der Waals surface area (Å²) in [6.07, 6.45) is 19.8. The molecule has 1 nitrogen and oxygen atoms in total. The summed E-state index contributed by atoms with van der Waals surface area (Å²) in [5.41, 5.74) is 3.74. The van der Waals surface area contributed by atoms with Crippen LogP contribution >= 0.6 is 0 Å². The van der Waals surface area contributed by atoms with E-state index in [1.165, 1.54) is 82.6 Å². The number of hydrogen-bond donors (Lipinski definition) is 0.